The number of amides is 2. The van der Waals surface area contributed by atoms with E-state index in [1.54, 1.807) is 0 Å². The Labute approximate surface area is 83.9 Å². The zero-order valence-corrected chi connectivity index (χ0v) is 7.47. The minimum Gasteiger partial charge on any atom is -0.479 e. The average Bonchev–Trinajstić information content (AvgIpc) is 2.78. The normalized spacial score (nSPS) is 45.7. The van der Waals surface area contributed by atoms with Gasteiger partial charge in [0.25, 0.3) is 0 Å². The highest BCUT2D eigenvalue weighted by Gasteiger charge is 2.68. The number of fused-ring (bicyclic) bond motifs is 5. The molecule has 0 aliphatic carbocycles. The zero-order chi connectivity index (χ0) is 10.8. The molecule has 0 aromatic rings. The van der Waals surface area contributed by atoms with Crippen molar-refractivity contribution in [2.75, 3.05) is 0 Å². The molecule has 3 heterocycles. The van der Waals surface area contributed by atoms with E-state index >= 15 is 0 Å². The van der Waals surface area contributed by atoms with E-state index in [4.69, 9.17) is 9.84 Å². The van der Waals surface area contributed by atoms with Crippen molar-refractivity contribution in [3.63, 3.8) is 0 Å². The summed E-state index contributed by atoms with van der Waals surface area (Å²) in [5.41, 5.74) is -1.63. The Balaban J connectivity index is 2.15. The minimum atomic E-state index is -1.63. The van der Waals surface area contributed by atoms with E-state index in [1.165, 1.54) is 12.2 Å². The number of hydrogen-bond donors (Lipinski definition) is 2. The third-order valence-electron chi connectivity index (χ3n) is 3.21. The summed E-state index contributed by atoms with van der Waals surface area (Å²) < 4.78 is 5.24. The van der Waals surface area contributed by atoms with Crippen LogP contribution in [-0.2, 0) is 19.1 Å². The van der Waals surface area contributed by atoms with Crippen LogP contribution in [0.2, 0.25) is 0 Å². The molecule has 4 atom stereocenters. The van der Waals surface area contributed by atoms with Crippen LogP contribution in [0.4, 0.5) is 0 Å². The van der Waals surface area contributed by atoms with Gasteiger partial charge in [-0.1, -0.05) is 6.08 Å². The molecule has 4 unspecified atom stereocenters. The van der Waals surface area contributed by atoms with E-state index < -0.39 is 41.3 Å². The molecule has 0 radical (unpaired) electrons. The lowest BCUT2D eigenvalue weighted by molar-refractivity contribution is -0.160. The molecular weight excluding hydrogens is 202 g/mol. The van der Waals surface area contributed by atoms with Gasteiger partial charge in [-0.15, -0.1) is 0 Å². The maximum Gasteiger partial charge on any atom is 0.340 e. The van der Waals surface area contributed by atoms with Crippen LogP contribution in [0.1, 0.15) is 0 Å². The van der Waals surface area contributed by atoms with Gasteiger partial charge in [0.2, 0.25) is 11.8 Å². The minimum absolute atomic E-state index is 0.442. The standard InChI is InChI=1S/C9H7NO5/c11-6-4-3-1-2-9(15-3,8(13)14)5(4)7(12)10-6/h1-5H,(H,13,14)(H,10,11,12). The van der Waals surface area contributed by atoms with Crippen LogP contribution in [0.25, 0.3) is 0 Å². The number of nitrogens with one attached hydrogen (secondary N) is 1. The second-order valence-electron chi connectivity index (χ2n) is 3.90. The van der Waals surface area contributed by atoms with Crippen molar-refractivity contribution in [1.82, 2.24) is 5.32 Å². The Kier molecular flexibility index (Phi) is 1.30. The molecule has 3 aliphatic heterocycles. The Morgan fingerprint density at radius 2 is 2.20 bits per heavy atom. The van der Waals surface area contributed by atoms with E-state index in [-0.39, 0.29) is 0 Å². The van der Waals surface area contributed by atoms with Crippen molar-refractivity contribution < 1.29 is 24.2 Å². The SMILES string of the molecule is O=C1NC(=O)C2C1C1C=CC2(C(=O)O)O1. The van der Waals surface area contributed by atoms with Crippen molar-refractivity contribution >= 4 is 17.8 Å². The summed E-state index contributed by atoms with van der Waals surface area (Å²) in [4.78, 5) is 33.9. The molecule has 0 saturated carbocycles. The van der Waals surface area contributed by atoms with Crippen LogP contribution in [0, 0.1) is 11.8 Å². The molecule has 2 amide bonds. The lowest BCUT2D eigenvalue weighted by Crippen LogP contribution is -2.46. The third-order valence-corrected chi connectivity index (χ3v) is 3.21. The quantitative estimate of drug-likeness (QED) is 0.412. The van der Waals surface area contributed by atoms with Crippen LogP contribution in [-0.4, -0.2) is 34.6 Å². The summed E-state index contributed by atoms with van der Waals surface area (Å²) >= 11 is 0. The summed E-state index contributed by atoms with van der Waals surface area (Å²) in [6, 6.07) is 0. The lowest BCUT2D eigenvalue weighted by Gasteiger charge is -2.22. The Morgan fingerprint density at radius 1 is 1.47 bits per heavy atom. The Bertz CT molecular complexity index is 428. The molecule has 6 heteroatoms. The molecule has 2 bridgehead atoms. The summed E-state index contributed by atoms with van der Waals surface area (Å²) in [6.07, 6.45) is 2.31. The molecule has 3 aliphatic rings. The second kappa shape index (κ2) is 2.27. The van der Waals surface area contributed by atoms with Crippen molar-refractivity contribution in [1.29, 1.82) is 0 Å². The molecule has 0 aromatic carbocycles. The maximum atomic E-state index is 11.5. The van der Waals surface area contributed by atoms with Gasteiger partial charge in [0.15, 0.2) is 5.60 Å². The number of imide groups is 1. The van der Waals surface area contributed by atoms with Crippen LogP contribution in [0.3, 0.4) is 0 Å². The molecule has 15 heavy (non-hydrogen) atoms. The summed E-state index contributed by atoms with van der Waals surface area (Å²) in [5, 5.41) is 11.2. The van der Waals surface area contributed by atoms with Crippen LogP contribution in [0.5, 0.6) is 0 Å². The summed E-state index contributed by atoms with van der Waals surface area (Å²) in [6.45, 7) is 0. The first-order chi connectivity index (χ1) is 7.06. The van der Waals surface area contributed by atoms with Crippen LogP contribution in [0.15, 0.2) is 12.2 Å². The molecule has 2 N–H and O–H groups in total. The molecule has 6 nitrogen and oxygen atoms in total. The summed E-state index contributed by atoms with van der Waals surface area (Å²) in [7, 11) is 0. The first kappa shape index (κ1) is 8.60. The number of carbonyl (C=O) groups excluding carboxylic acids is 2. The number of ether oxygens (including phenoxy) is 1. The average molecular weight is 209 g/mol. The monoisotopic (exact) mass is 209 g/mol. The third kappa shape index (κ3) is 0.767. The van der Waals surface area contributed by atoms with Gasteiger partial charge in [-0.05, 0) is 6.08 Å². The van der Waals surface area contributed by atoms with Gasteiger partial charge < -0.3 is 9.84 Å². The smallest absolute Gasteiger partial charge is 0.340 e. The Morgan fingerprint density at radius 3 is 2.87 bits per heavy atom. The fourth-order valence-electron chi connectivity index (χ4n) is 2.56. The first-order valence-corrected chi connectivity index (χ1v) is 4.51. The fourth-order valence-corrected chi connectivity index (χ4v) is 2.56. The van der Waals surface area contributed by atoms with Crippen molar-refractivity contribution in [3.8, 4) is 0 Å². The number of carbonyl (C=O) groups is 3. The van der Waals surface area contributed by atoms with Crippen molar-refractivity contribution in [3.05, 3.63) is 12.2 Å². The molecule has 78 valence electrons. The van der Waals surface area contributed by atoms with Crippen molar-refractivity contribution in [2.45, 2.75) is 11.7 Å². The van der Waals surface area contributed by atoms with Crippen molar-refractivity contribution in [2.24, 2.45) is 11.8 Å². The molecule has 2 saturated heterocycles. The fraction of sp³-hybridized carbons (Fsp3) is 0.444. The number of aliphatic carboxylic acids is 1. The van der Waals surface area contributed by atoms with E-state index in [0.29, 0.717) is 0 Å². The van der Waals surface area contributed by atoms with Gasteiger partial charge in [-0.2, -0.15) is 0 Å². The number of carboxylic acids is 1. The highest BCUT2D eigenvalue weighted by Crippen LogP contribution is 2.49. The summed E-state index contributed by atoms with van der Waals surface area (Å²) in [5.74, 6) is -3.82. The molecule has 3 rings (SSSR count). The van der Waals surface area contributed by atoms with E-state index in [0.717, 1.165) is 0 Å². The highest BCUT2D eigenvalue weighted by atomic mass is 16.5. The van der Waals surface area contributed by atoms with Gasteiger partial charge in [0.1, 0.15) is 0 Å². The molecular formula is C9H7NO5. The second-order valence-corrected chi connectivity index (χ2v) is 3.90. The van der Waals surface area contributed by atoms with E-state index in [1.807, 2.05) is 0 Å². The highest BCUT2D eigenvalue weighted by molar-refractivity contribution is 6.10. The van der Waals surface area contributed by atoms with Gasteiger partial charge in [0, 0.05) is 0 Å². The molecule has 0 aromatic heterocycles. The van der Waals surface area contributed by atoms with Gasteiger partial charge in [-0.3, -0.25) is 14.9 Å². The van der Waals surface area contributed by atoms with Crippen LogP contribution >= 0.6 is 0 Å². The van der Waals surface area contributed by atoms with Crippen LogP contribution < -0.4 is 5.32 Å². The maximum absolute atomic E-state index is 11.5. The predicted octanol–water partition coefficient (Wildman–Crippen LogP) is -1.33. The topological polar surface area (TPSA) is 92.7 Å². The van der Waals surface area contributed by atoms with Gasteiger partial charge >= 0.3 is 5.97 Å². The van der Waals surface area contributed by atoms with E-state index in [2.05, 4.69) is 5.32 Å². The predicted molar refractivity (Wildman–Crippen MR) is 44.5 cm³/mol. The molecule has 2 fully saturated rings. The number of rotatable bonds is 1. The molecule has 0 spiro atoms. The Hall–Kier alpha value is -1.69. The first-order valence-electron chi connectivity index (χ1n) is 4.51. The van der Waals surface area contributed by atoms with E-state index in [9.17, 15) is 14.4 Å². The van der Waals surface area contributed by atoms with Gasteiger partial charge in [-0.25, -0.2) is 4.79 Å². The largest absolute Gasteiger partial charge is 0.479 e. The van der Waals surface area contributed by atoms with Gasteiger partial charge in [0.05, 0.1) is 17.9 Å². The number of hydrogen-bond acceptors (Lipinski definition) is 4. The number of carboxylic acid groups (broad SMARTS) is 1. The lowest BCUT2D eigenvalue weighted by atomic mass is 9.77. The zero-order valence-electron chi connectivity index (χ0n) is 7.47.